The van der Waals surface area contributed by atoms with E-state index < -0.39 is 18.1 Å². The van der Waals surface area contributed by atoms with Gasteiger partial charge in [-0.25, -0.2) is 4.79 Å². The molecule has 1 amide bonds. The quantitative estimate of drug-likeness (QED) is 0.724. The van der Waals surface area contributed by atoms with Gasteiger partial charge in [0.2, 0.25) is 0 Å². The van der Waals surface area contributed by atoms with E-state index >= 15 is 0 Å². The molecule has 0 spiro atoms. The predicted molar refractivity (Wildman–Crippen MR) is 89.3 cm³/mol. The third-order valence-electron chi connectivity index (χ3n) is 3.37. The Morgan fingerprint density at radius 1 is 1.18 bits per heavy atom. The Hall–Kier alpha value is -1.56. The van der Waals surface area contributed by atoms with Crippen molar-refractivity contribution in [3.05, 3.63) is 69.2 Å². The maximum Gasteiger partial charge on any atom is 0.404 e. The van der Waals surface area contributed by atoms with E-state index in [1.807, 2.05) is 24.3 Å². The first-order valence-electron chi connectivity index (χ1n) is 6.64. The van der Waals surface area contributed by atoms with Crippen LogP contribution in [0.1, 0.15) is 23.1 Å². The van der Waals surface area contributed by atoms with Crippen LogP contribution in [-0.2, 0) is 0 Å². The Labute approximate surface area is 141 Å². The third-order valence-corrected chi connectivity index (χ3v) is 4.60. The molecule has 3 N–H and O–H groups in total. The van der Waals surface area contributed by atoms with Crippen LogP contribution >= 0.6 is 27.5 Å². The minimum atomic E-state index is -1.13. The maximum absolute atomic E-state index is 10.8. The van der Waals surface area contributed by atoms with E-state index in [9.17, 15) is 9.90 Å². The van der Waals surface area contributed by atoms with Crippen molar-refractivity contribution in [3.63, 3.8) is 0 Å². The zero-order valence-electron chi connectivity index (χ0n) is 11.5. The van der Waals surface area contributed by atoms with E-state index in [1.165, 1.54) is 0 Å². The fourth-order valence-electron chi connectivity index (χ4n) is 2.23. The second-order valence-corrected chi connectivity index (χ2v) is 6.08. The summed E-state index contributed by atoms with van der Waals surface area (Å²) in [4.78, 5) is 10.8. The molecule has 0 aliphatic heterocycles. The fourth-order valence-corrected chi connectivity index (χ4v) is 2.67. The van der Waals surface area contributed by atoms with Gasteiger partial charge in [0.25, 0.3) is 0 Å². The average molecular weight is 385 g/mol. The molecular formula is C16H15BrClNO3. The summed E-state index contributed by atoms with van der Waals surface area (Å²) < 4.78 is 0.747. The Kier molecular flexibility index (Phi) is 5.83. The molecule has 2 rings (SSSR count). The van der Waals surface area contributed by atoms with E-state index in [-0.39, 0.29) is 6.54 Å². The number of hydrogen-bond acceptors (Lipinski definition) is 2. The molecule has 2 aromatic rings. The molecule has 4 nitrogen and oxygen atoms in total. The summed E-state index contributed by atoms with van der Waals surface area (Å²) in [6, 6.07) is 14.4. The smallest absolute Gasteiger partial charge is 0.404 e. The molecule has 0 aromatic heterocycles. The Balaban J connectivity index is 2.33. The molecule has 0 saturated heterocycles. The first-order valence-corrected chi connectivity index (χ1v) is 7.81. The van der Waals surface area contributed by atoms with Gasteiger partial charge in [-0.2, -0.15) is 0 Å². The summed E-state index contributed by atoms with van der Waals surface area (Å²) in [6.07, 6.45) is -1.97. The van der Waals surface area contributed by atoms with Gasteiger partial charge in [0.05, 0.1) is 11.1 Å². The Morgan fingerprint density at radius 3 is 2.45 bits per heavy atom. The van der Waals surface area contributed by atoms with E-state index in [0.29, 0.717) is 5.02 Å². The number of aliphatic hydroxyl groups is 1. The van der Waals surface area contributed by atoms with Crippen LogP contribution in [0.15, 0.2) is 53.0 Å². The van der Waals surface area contributed by atoms with E-state index in [4.69, 9.17) is 16.7 Å². The van der Waals surface area contributed by atoms with Gasteiger partial charge in [-0.1, -0.05) is 48.0 Å². The van der Waals surface area contributed by atoms with Crippen LogP contribution in [0.3, 0.4) is 0 Å². The van der Waals surface area contributed by atoms with Gasteiger partial charge in [-0.15, -0.1) is 0 Å². The van der Waals surface area contributed by atoms with Crippen LogP contribution in [0.25, 0.3) is 0 Å². The number of aliphatic hydroxyl groups excluding tert-OH is 1. The number of carbonyl (C=O) groups is 1. The molecule has 0 fully saturated rings. The molecule has 22 heavy (non-hydrogen) atoms. The average Bonchev–Trinajstić information content (AvgIpc) is 2.51. The molecule has 0 heterocycles. The lowest BCUT2D eigenvalue weighted by Gasteiger charge is -2.24. The second kappa shape index (κ2) is 7.63. The standard InChI is InChI=1S/C16H15BrClNO3/c17-13-7-6-11(8-14(13)18)12(9-19-16(21)22)15(20)10-4-2-1-3-5-10/h1-8,12,15,19-20H,9H2,(H,21,22)/t12-,15+/m0/s1. The van der Waals surface area contributed by atoms with Gasteiger partial charge in [0.15, 0.2) is 0 Å². The molecule has 116 valence electrons. The van der Waals surface area contributed by atoms with Crippen molar-refractivity contribution in [2.75, 3.05) is 6.54 Å². The first kappa shape index (κ1) is 16.8. The summed E-state index contributed by atoms with van der Waals surface area (Å²) in [6.45, 7) is 0.0867. The van der Waals surface area contributed by atoms with Gasteiger partial charge >= 0.3 is 6.09 Å². The number of halogens is 2. The van der Waals surface area contributed by atoms with Crippen molar-refractivity contribution in [2.24, 2.45) is 0 Å². The van der Waals surface area contributed by atoms with Crippen LogP contribution < -0.4 is 5.32 Å². The number of nitrogens with one attached hydrogen (secondary N) is 1. The van der Waals surface area contributed by atoms with Crippen molar-refractivity contribution in [1.82, 2.24) is 5.32 Å². The highest BCUT2D eigenvalue weighted by atomic mass is 79.9. The van der Waals surface area contributed by atoms with Crippen LogP contribution in [0, 0.1) is 0 Å². The van der Waals surface area contributed by atoms with Crippen LogP contribution in [0.5, 0.6) is 0 Å². The lowest BCUT2D eigenvalue weighted by Crippen LogP contribution is -2.29. The molecular weight excluding hydrogens is 370 g/mol. The highest BCUT2D eigenvalue weighted by Gasteiger charge is 2.24. The summed E-state index contributed by atoms with van der Waals surface area (Å²) in [5.41, 5.74) is 1.48. The van der Waals surface area contributed by atoms with Crippen molar-refractivity contribution >= 4 is 33.6 Å². The Bertz CT molecular complexity index is 651. The minimum Gasteiger partial charge on any atom is -0.465 e. The van der Waals surface area contributed by atoms with E-state index in [0.717, 1.165) is 15.6 Å². The van der Waals surface area contributed by atoms with Gasteiger partial charge in [-0.3, -0.25) is 0 Å². The van der Waals surface area contributed by atoms with Gasteiger partial charge in [0.1, 0.15) is 0 Å². The number of carboxylic acid groups (broad SMARTS) is 1. The van der Waals surface area contributed by atoms with E-state index in [1.54, 1.807) is 24.3 Å². The van der Waals surface area contributed by atoms with Crippen molar-refractivity contribution in [3.8, 4) is 0 Å². The molecule has 2 atom stereocenters. The second-order valence-electron chi connectivity index (χ2n) is 4.82. The topological polar surface area (TPSA) is 69.6 Å². The highest BCUT2D eigenvalue weighted by molar-refractivity contribution is 9.10. The van der Waals surface area contributed by atoms with E-state index in [2.05, 4.69) is 21.2 Å². The molecule has 0 unspecified atom stereocenters. The van der Waals surface area contributed by atoms with Gasteiger partial charge < -0.3 is 15.5 Å². The monoisotopic (exact) mass is 383 g/mol. The predicted octanol–water partition coefficient (Wildman–Crippen LogP) is 4.19. The molecule has 0 radical (unpaired) electrons. The van der Waals surface area contributed by atoms with Crippen molar-refractivity contribution in [1.29, 1.82) is 0 Å². The first-order chi connectivity index (χ1) is 10.5. The maximum atomic E-state index is 10.8. The van der Waals surface area contributed by atoms with Crippen LogP contribution in [0.4, 0.5) is 4.79 Å². The van der Waals surface area contributed by atoms with Gasteiger partial charge in [0, 0.05) is 16.9 Å². The largest absolute Gasteiger partial charge is 0.465 e. The lowest BCUT2D eigenvalue weighted by atomic mass is 9.89. The Morgan fingerprint density at radius 2 is 1.86 bits per heavy atom. The SMILES string of the molecule is O=C(O)NC[C@@H](c1ccc(Br)c(Cl)c1)[C@H](O)c1ccccc1. The minimum absolute atomic E-state index is 0.0867. The summed E-state index contributed by atoms with van der Waals surface area (Å²) in [5, 5.41) is 22.3. The summed E-state index contributed by atoms with van der Waals surface area (Å²) in [5.74, 6) is -0.441. The fraction of sp³-hybridized carbons (Fsp3) is 0.188. The number of hydrogen-bond donors (Lipinski definition) is 3. The molecule has 6 heteroatoms. The lowest BCUT2D eigenvalue weighted by molar-refractivity contribution is 0.140. The normalized spacial score (nSPS) is 13.4. The summed E-state index contributed by atoms with van der Waals surface area (Å²) >= 11 is 9.42. The van der Waals surface area contributed by atoms with Crippen LogP contribution in [-0.4, -0.2) is 22.9 Å². The third kappa shape index (κ3) is 4.22. The molecule has 2 aromatic carbocycles. The molecule has 0 aliphatic rings. The number of rotatable bonds is 5. The molecule has 0 aliphatic carbocycles. The highest BCUT2D eigenvalue weighted by Crippen LogP contribution is 2.33. The summed E-state index contributed by atoms with van der Waals surface area (Å²) in [7, 11) is 0. The van der Waals surface area contributed by atoms with Crippen LogP contribution in [0.2, 0.25) is 5.02 Å². The number of benzene rings is 2. The zero-order chi connectivity index (χ0) is 16.1. The number of amides is 1. The van der Waals surface area contributed by atoms with Crippen molar-refractivity contribution in [2.45, 2.75) is 12.0 Å². The zero-order valence-corrected chi connectivity index (χ0v) is 13.9. The molecule has 0 saturated carbocycles. The van der Waals surface area contributed by atoms with Gasteiger partial charge in [-0.05, 0) is 39.2 Å². The molecule has 0 bridgehead atoms. The van der Waals surface area contributed by atoms with Crippen molar-refractivity contribution < 1.29 is 15.0 Å².